The fourth-order valence-corrected chi connectivity index (χ4v) is 3.48. The average molecular weight is 489 g/mol. The van der Waals surface area contributed by atoms with Gasteiger partial charge in [0.25, 0.3) is 0 Å². The molecule has 1 fully saturated rings. The van der Waals surface area contributed by atoms with Crippen LogP contribution in [0.2, 0.25) is 0 Å². The summed E-state index contributed by atoms with van der Waals surface area (Å²) in [5.41, 5.74) is 0. The first-order valence-corrected chi connectivity index (χ1v) is 9.76. The molecule has 0 radical (unpaired) electrons. The van der Waals surface area contributed by atoms with Gasteiger partial charge >= 0.3 is 0 Å². The van der Waals surface area contributed by atoms with Crippen LogP contribution in [0.25, 0.3) is 0 Å². The topological polar surface area (TPSA) is 59.9 Å². The molecule has 7 nitrogen and oxygen atoms in total. The molecule has 0 bridgehead atoms. The van der Waals surface area contributed by atoms with Crippen LogP contribution in [0.15, 0.2) is 23.5 Å². The number of rotatable bonds is 7. The molecule has 2 rings (SSSR count). The number of hydrogen-bond acceptors (Lipinski definition) is 5. The summed E-state index contributed by atoms with van der Waals surface area (Å²) in [7, 11) is 1.86. The van der Waals surface area contributed by atoms with Crippen molar-refractivity contribution in [3.8, 4) is 0 Å². The predicted octanol–water partition coefficient (Wildman–Crippen LogP) is 2.30. The van der Waals surface area contributed by atoms with Crippen LogP contribution in [0, 0.1) is 0 Å². The third kappa shape index (κ3) is 7.40. The summed E-state index contributed by atoms with van der Waals surface area (Å²) in [5.74, 6) is 1.82. The zero-order valence-corrected chi connectivity index (χ0v) is 19.8. The van der Waals surface area contributed by atoms with Gasteiger partial charge in [-0.25, -0.2) is 9.97 Å². The second kappa shape index (κ2) is 12.3. The van der Waals surface area contributed by atoms with Gasteiger partial charge in [-0.05, 0) is 40.2 Å². The fraction of sp³-hybridized carbons (Fsp3) is 0.737. The molecule has 0 spiro atoms. The van der Waals surface area contributed by atoms with E-state index >= 15 is 0 Å². The van der Waals surface area contributed by atoms with Crippen LogP contribution >= 0.6 is 24.0 Å². The van der Waals surface area contributed by atoms with Crippen molar-refractivity contribution in [2.75, 3.05) is 51.2 Å². The Morgan fingerprint density at radius 1 is 1.11 bits per heavy atom. The average Bonchev–Trinajstić information content (AvgIpc) is 2.65. The number of hydrogen-bond donors (Lipinski definition) is 1. The Bertz CT molecular complexity index is 534. The molecular formula is C19H36IN7. The van der Waals surface area contributed by atoms with Gasteiger partial charge < -0.3 is 15.1 Å². The van der Waals surface area contributed by atoms with E-state index in [9.17, 15) is 0 Å². The first kappa shape index (κ1) is 23.9. The lowest BCUT2D eigenvalue weighted by Crippen LogP contribution is -2.53. The van der Waals surface area contributed by atoms with E-state index in [1.54, 1.807) is 12.4 Å². The summed E-state index contributed by atoms with van der Waals surface area (Å²) in [6.45, 7) is 14.8. The van der Waals surface area contributed by atoms with Gasteiger partial charge in [-0.1, -0.05) is 0 Å². The molecule has 1 aromatic heterocycles. The van der Waals surface area contributed by atoms with E-state index < -0.39 is 0 Å². The number of aromatic nitrogens is 2. The highest BCUT2D eigenvalue weighted by atomic mass is 127. The number of guanidine groups is 1. The van der Waals surface area contributed by atoms with Crippen LogP contribution in [-0.4, -0.2) is 84.1 Å². The van der Waals surface area contributed by atoms with Gasteiger partial charge in [-0.2, -0.15) is 0 Å². The quantitative estimate of drug-likeness (QED) is 0.275. The van der Waals surface area contributed by atoms with Crippen molar-refractivity contribution in [2.24, 2.45) is 4.99 Å². The highest BCUT2D eigenvalue weighted by Crippen LogP contribution is 2.10. The van der Waals surface area contributed by atoms with Crippen LogP contribution in [0.5, 0.6) is 0 Å². The summed E-state index contributed by atoms with van der Waals surface area (Å²) < 4.78 is 0. The summed E-state index contributed by atoms with van der Waals surface area (Å²) >= 11 is 0. The van der Waals surface area contributed by atoms with Crippen LogP contribution in [0.1, 0.15) is 34.1 Å². The standard InChI is InChI=1S/C19H35N7.HI/c1-16(2)26(17(3)4)11-7-10-21-18(20-5)24-12-14-25(15-13-24)19-22-8-6-9-23-19;/h6,8-9,16-17H,7,10-15H2,1-5H3,(H,20,21);1H. The first-order chi connectivity index (χ1) is 12.5. The molecule has 0 aliphatic carbocycles. The first-order valence-electron chi connectivity index (χ1n) is 9.76. The predicted molar refractivity (Wildman–Crippen MR) is 124 cm³/mol. The molecule has 0 saturated carbocycles. The van der Waals surface area contributed by atoms with E-state index in [0.29, 0.717) is 12.1 Å². The Morgan fingerprint density at radius 3 is 2.22 bits per heavy atom. The Kier molecular flexibility index (Phi) is 10.9. The Balaban J connectivity index is 0.00000364. The zero-order valence-electron chi connectivity index (χ0n) is 17.4. The molecule has 1 saturated heterocycles. The largest absolute Gasteiger partial charge is 0.356 e. The van der Waals surface area contributed by atoms with E-state index in [4.69, 9.17) is 0 Å². The molecule has 0 amide bonds. The van der Waals surface area contributed by atoms with Gasteiger partial charge in [0.1, 0.15) is 0 Å². The fourth-order valence-electron chi connectivity index (χ4n) is 3.48. The van der Waals surface area contributed by atoms with Gasteiger partial charge in [0, 0.05) is 70.8 Å². The maximum atomic E-state index is 4.46. The smallest absolute Gasteiger partial charge is 0.225 e. The van der Waals surface area contributed by atoms with Crippen molar-refractivity contribution < 1.29 is 0 Å². The second-order valence-electron chi connectivity index (χ2n) is 7.28. The highest BCUT2D eigenvalue weighted by molar-refractivity contribution is 14.0. The van der Waals surface area contributed by atoms with E-state index in [2.05, 4.69) is 62.7 Å². The molecule has 154 valence electrons. The van der Waals surface area contributed by atoms with Crippen LogP contribution in [0.4, 0.5) is 5.95 Å². The molecule has 1 aliphatic heterocycles. The highest BCUT2D eigenvalue weighted by Gasteiger charge is 2.21. The van der Waals surface area contributed by atoms with Crippen molar-refractivity contribution in [3.05, 3.63) is 18.5 Å². The number of piperazine rings is 1. The summed E-state index contributed by atoms with van der Waals surface area (Å²) in [6.07, 6.45) is 4.72. The van der Waals surface area contributed by atoms with Crippen LogP contribution in [0.3, 0.4) is 0 Å². The third-order valence-electron chi connectivity index (χ3n) is 4.83. The molecule has 8 heteroatoms. The van der Waals surface area contributed by atoms with Crippen molar-refractivity contribution >= 4 is 35.9 Å². The van der Waals surface area contributed by atoms with Crippen molar-refractivity contribution in [1.82, 2.24) is 25.1 Å². The minimum absolute atomic E-state index is 0. The number of nitrogens with one attached hydrogen (secondary N) is 1. The van der Waals surface area contributed by atoms with E-state index in [1.807, 2.05) is 13.1 Å². The summed E-state index contributed by atoms with van der Waals surface area (Å²) in [4.78, 5) is 20.2. The van der Waals surface area contributed by atoms with E-state index in [-0.39, 0.29) is 24.0 Å². The Hall–Kier alpha value is -1.16. The van der Waals surface area contributed by atoms with Crippen molar-refractivity contribution in [3.63, 3.8) is 0 Å². The van der Waals surface area contributed by atoms with Crippen molar-refractivity contribution in [1.29, 1.82) is 0 Å². The molecule has 0 atom stereocenters. The molecule has 27 heavy (non-hydrogen) atoms. The van der Waals surface area contributed by atoms with E-state index in [1.165, 1.54) is 0 Å². The van der Waals surface area contributed by atoms with E-state index in [0.717, 1.165) is 57.6 Å². The molecule has 1 N–H and O–H groups in total. The lowest BCUT2D eigenvalue weighted by Gasteiger charge is -2.36. The second-order valence-corrected chi connectivity index (χ2v) is 7.28. The summed E-state index contributed by atoms with van der Waals surface area (Å²) in [5, 5.41) is 3.53. The lowest BCUT2D eigenvalue weighted by molar-refractivity contribution is 0.173. The van der Waals surface area contributed by atoms with Crippen LogP contribution < -0.4 is 10.2 Å². The minimum atomic E-state index is 0. The molecular weight excluding hydrogens is 453 g/mol. The maximum absolute atomic E-state index is 4.46. The third-order valence-corrected chi connectivity index (χ3v) is 4.83. The minimum Gasteiger partial charge on any atom is -0.356 e. The van der Waals surface area contributed by atoms with Gasteiger partial charge in [-0.15, -0.1) is 24.0 Å². The molecule has 1 aromatic rings. The van der Waals surface area contributed by atoms with Gasteiger partial charge in [0.15, 0.2) is 5.96 Å². The SMILES string of the molecule is CN=C(NCCCN(C(C)C)C(C)C)N1CCN(c2ncccn2)CC1.I. The van der Waals surface area contributed by atoms with Crippen molar-refractivity contribution in [2.45, 2.75) is 46.2 Å². The monoisotopic (exact) mass is 489 g/mol. The number of halogens is 1. The Morgan fingerprint density at radius 2 is 1.70 bits per heavy atom. The maximum Gasteiger partial charge on any atom is 0.225 e. The molecule has 1 aliphatic rings. The summed E-state index contributed by atoms with van der Waals surface area (Å²) in [6, 6.07) is 3.02. The lowest BCUT2D eigenvalue weighted by atomic mass is 10.2. The van der Waals surface area contributed by atoms with Gasteiger partial charge in [-0.3, -0.25) is 9.89 Å². The molecule has 0 aromatic carbocycles. The van der Waals surface area contributed by atoms with Crippen LogP contribution in [-0.2, 0) is 0 Å². The van der Waals surface area contributed by atoms with Gasteiger partial charge in [0.05, 0.1) is 0 Å². The zero-order chi connectivity index (χ0) is 18.9. The van der Waals surface area contributed by atoms with Gasteiger partial charge in [0.2, 0.25) is 5.95 Å². The normalized spacial score (nSPS) is 15.5. The molecule has 2 heterocycles. The number of aliphatic imine (C=N–C) groups is 1. The number of anilines is 1. The Labute approximate surface area is 181 Å². The molecule has 0 unspecified atom stereocenters. The number of nitrogens with zero attached hydrogens (tertiary/aromatic N) is 6.